The molecule has 0 amide bonds. The van der Waals surface area contributed by atoms with Gasteiger partial charge in [0.25, 0.3) is 0 Å². The average Bonchev–Trinajstić information content (AvgIpc) is 0.795. The minimum Gasteiger partial charge on any atom is -0.489 e. The van der Waals surface area contributed by atoms with Crippen molar-refractivity contribution < 1.29 is 54.4 Å². The third kappa shape index (κ3) is 22.6. The number of rotatable bonds is 15. The molecule has 5 saturated heterocycles. The van der Waals surface area contributed by atoms with Crippen molar-refractivity contribution in [1.82, 2.24) is 34.3 Å². The lowest BCUT2D eigenvalue weighted by Crippen LogP contribution is -2.45. The van der Waals surface area contributed by atoms with E-state index < -0.39 is 11.7 Å². The summed E-state index contributed by atoms with van der Waals surface area (Å²) in [5.74, 6) is 4.45. The van der Waals surface area contributed by atoms with E-state index in [0.717, 1.165) is 226 Å². The highest BCUT2D eigenvalue weighted by atomic mass is 19.4. The maximum Gasteiger partial charge on any atom is 0.416 e. The van der Waals surface area contributed by atoms with Crippen molar-refractivity contribution in [3.05, 3.63) is 355 Å². The summed E-state index contributed by atoms with van der Waals surface area (Å²) in [5, 5.41) is 0. The van der Waals surface area contributed by atoms with E-state index in [-0.39, 0.29) is 23.3 Å². The molecule has 5 fully saturated rings. The Kier molecular flexibility index (Phi) is 29.6. The number of hydrogen-bond donors (Lipinski definition) is 0. The summed E-state index contributed by atoms with van der Waals surface area (Å²) in [4.78, 5) is 17.1. The van der Waals surface area contributed by atoms with Crippen LogP contribution in [0.5, 0.6) is 28.7 Å². The van der Waals surface area contributed by atoms with Crippen molar-refractivity contribution >= 4 is 27.9 Å². The normalized spacial score (nSPS) is 18.6. The third-order valence-corrected chi connectivity index (χ3v) is 25.6. The monoisotopic (exact) mass is 1710 g/mol. The highest BCUT2D eigenvalue weighted by Gasteiger charge is 2.34. The van der Waals surface area contributed by atoms with E-state index in [2.05, 4.69) is 79.6 Å². The fourth-order valence-corrected chi connectivity index (χ4v) is 18.7. The maximum atomic E-state index is 13.4. The molecule has 0 bridgehead atoms. The molecule has 10 aromatic rings. The van der Waals surface area contributed by atoms with E-state index in [4.69, 9.17) is 23.7 Å². The summed E-state index contributed by atoms with van der Waals surface area (Å²) in [6, 6.07) is 73.1. The van der Waals surface area contributed by atoms with Crippen LogP contribution < -0.4 is 23.7 Å². The van der Waals surface area contributed by atoms with Crippen molar-refractivity contribution in [2.24, 2.45) is 5.92 Å². The molecule has 0 spiro atoms. The first kappa shape index (κ1) is 88.6. The summed E-state index contributed by atoms with van der Waals surface area (Å²) in [5.41, 5.74) is 21.9. The molecule has 0 unspecified atom stereocenters. The summed E-state index contributed by atoms with van der Waals surface area (Å²) >= 11 is 0. The van der Waals surface area contributed by atoms with E-state index in [9.17, 15) is 30.7 Å². The Labute approximate surface area is 738 Å². The quantitative estimate of drug-likeness (QED) is 0.0918. The van der Waals surface area contributed by atoms with E-state index in [0.29, 0.717) is 33.0 Å². The molecule has 10 heterocycles. The van der Waals surface area contributed by atoms with Crippen molar-refractivity contribution in [2.45, 2.75) is 64.5 Å². The van der Waals surface area contributed by atoms with E-state index in [1.54, 1.807) is 36.4 Å². The first-order chi connectivity index (χ1) is 61.4. The van der Waals surface area contributed by atoms with Crippen molar-refractivity contribution in [1.29, 1.82) is 0 Å². The van der Waals surface area contributed by atoms with Crippen molar-refractivity contribution in [3.8, 4) is 28.7 Å². The van der Waals surface area contributed by atoms with E-state index in [1.807, 2.05) is 146 Å². The van der Waals surface area contributed by atoms with Gasteiger partial charge in [0.2, 0.25) is 0 Å². The summed E-state index contributed by atoms with van der Waals surface area (Å²) in [7, 11) is 4.33. The van der Waals surface area contributed by atoms with Crippen LogP contribution in [0.25, 0.3) is 27.9 Å². The van der Waals surface area contributed by atoms with Gasteiger partial charge in [-0.3, -0.25) is 24.5 Å². The molecule has 12 nitrogen and oxygen atoms in total. The van der Waals surface area contributed by atoms with Gasteiger partial charge in [-0.15, -0.1) is 0 Å². The first-order valence-electron chi connectivity index (χ1n) is 44.9. The highest BCUT2D eigenvalue weighted by molar-refractivity contribution is 5.90. The third-order valence-electron chi connectivity index (χ3n) is 25.6. The number of piperazine rings is 2. The van der Waals surface area contributed by atoms with Gasteiger partial charge in [-0.2, -0.15) is 13.2 Å². The van der Waals surface area contributed by atoms with Gasteiger partial charge in [0.1, 0.15) is 85.1 Å². The van der Waals surface area contributed by atoms with Gasteiger partial charge in [-0.25, -0.2) is 17.6 Å². The number of piperidine rings is 3. The Morgan fingerprint density at radius 2 is 0.476 bits per heavy atom. The van der Waals surface area contributed by atoms with Crippen LogP contribution in [0.1, 0.15) is 119 Å². The molecule has 0 aliphatic carbocycles. The number of ether oxygens (including phenoxy) is 5. The van der Waals surface area contributed by atoms with Crippen molar-refractivity contribution in [3.63, 3.8) is 0 Å². The number of alkyl halides is 3. The molecule has 0 N–H and O–H groups in total. The standard InChI is InChI=1S/C22H22F3NO.C22H24FNO.2C21H23FN2O.C21H22FNO/c23-22(24,25)18-10-8-16(9-11-18)21-17(14-26-12-4-1-5-13-26)15-27-20-7-3-2-6-19(20)21;1-16-10-12-24(13-11-16)14-18-15-25-21-5-3-2-4-20(21)22(18)17-6-8-19(23)9-7-17;2*1-23-10-12-24(13-11-23)14-17-15-25-20-5-3-2-4-19(20)21(17)16-6-8-18(22)9-7-16;22-18-10-8-16(9-11-18)21-17(14-23-12-4-1-5-13-23)15-24-20-7-3-2-6-19(20)21/h2-3,6-11H,1,4-5,12-15H2;2-9,16H,10-15H2,1H3;2*2-9H,10-15H2,1H3;2-3,6-11H,1,4-5,12-15H2. The summed E-state index contributed by atoms with van der Waals surface area (Å²) in [6.45, 7) is 25.0. The number of fused-ring (bicyclic) bond motifs is 5. The molecule has 20 rings (SSSR count). The molecule has 0 saturated carbocycles. The van der Waals surface area contributed by atoms with Crippen molar-refractivity contribution in [2.75, 3.05) is 171 Å². The molecule has 10 aromatic carbocycles. The Bertz CT molecular complexity index is 5160. The minimum atomic E-state index is -4.32. The van der Waals surface area contributed by atoms with Gasteiger partial charge in [0.15, 0.2) is 0 Å². The smallest absolute Gasteiger partial charge is 0.416 e. The molecule has 19 heteroatoms. The fourth-order valence-electron chi connectivity index (χ4n) is 18.7. The number of halogens is 7. The number of likely N-dealkylation sites (tertiary alicyclic amines) is 3. The van der Waals surface area contributed by atoms with Gasteiger partial charge < -0.3 is 33.5 Å². The minimum absolute atomic E-state index is 0.197. The lowest BCUT2D eigenvalue weighted by Gasteiger charge is -2.34. The lowest BCUT2D eigenvalue weighted by molar-refractivity contribution is -0.137. The van der Waals surface area contributed by atoms with Crippen LogP contribution in [0.15, 0.2) is 271 Å². The second-order valence-corrected chi connectivity index (χ2v) is 34.7. The topological polar surface area (TPSA) is 68.8 Å². The molecule has 656 valence electrons. The number of nitrogens with zero attached hydrogens (tertiary/aromatic N) is 7. The Morgan fingerprint density at radius 1 is 0.262 bits per heavy atom. The Hall–Kier alpha value is -10.9. The van der Waals surface area contributed by atoms with Crippen LogP contribution in [0.4, 0.5) is 30.7 Å². The summed E-state index contributed by atoms with van der Waals surface area (Å²) < 4.78 is 122. The van der Waals surface area contributed by atoms with Gasteiger partial charge in [0.05, 0.1) is 5.56 Å². The van der Waals surface area contributed by atoms with Crippen LogP contribution in [0.3, 0.4) is 0 Å². The van der Waals surface area contributed by atoms with Gasteiger partial charge in [-0.05, 0) is 272 Å². The second kappa shape index (κ2) is 42.2. The molecule has 10 aliphatic heterocycles. The fraction of sp³-hybridized carbons (Fsp3) is 0.346. The van der Waals surface area contributed by atoms with Crippen LogP contribution in [0.2, 0.25) is 0 Å². The zero-order valence-corrected chi connectivity index (χ0v) is 72.6. The molecular formula is C107H114F7N7O5. The highest BCUT2D eigenvalue weighted by Crippen LogP contribution is 2.45. The predicted octanol–water partition coefficient (Wildman–Crippen LogP) is 21.2. The lowest BCUT2D eigenvalue weighted by atomic mass is 9.90. The number of hydrogen-bond acceptors (Lipinski definition) is 12. The van der Waals surface area contributed by atoms with Gasteiger partial charge in [0, 0.05) is 113 Å². The number of para-hydroxylation sites is 5. The molecule has 126 heavy (non-hydrogen) atoms. The largest absolute Gasteiger partial charge is 0.489 e. The Balaban J connectivity index is 0.000000116. The van der Waals surface area contributed by atoms with Crippen LogP contribution >= 0.6 is 0 Å². The number of benzene rings is 10. The second-order valence-electron chi connectivity index (χ2n) is 34.7. The molecular weight excluding hydrogens is 1600 g/mol. The van der Waals surface area contributed by atoms with Crippen LogP contribution in [-0.2, 0) is 6.18 Å². The van der Waals surface area contributed by atoms with Crippen LogP contribution in [0, 0.1) is 29.2 Å². The van der Waals surface area contributed by atoms with E-state index >= 15 is 0 Å². The molecule has 10 aliphatic rings. The van der Waals surface area contributed by atoms with Gasteiger partial charge in [-0.1, -0.05) is 171 Å². The van der Waals surface area contributed by atoms with Gasteiger partial charge >= 0.3 is 6.18 Å². The predicted molar refractivity (Wildman–Crippen MR) is 490 cm³/mol. The SMILES string of the molecule is CC1CCN(CC2=C(c3ccc(F)cc3)c3ccccc3OC2)CC1.CN1CCN(CC2=C(c3ccc(F)cc3)c3ccccc3OC2)CC1.CN1CCN(CC2=C(c3ccc(F)cc3)c3ccccc3OC2)CC1.FC(F)(F)c1ccc(C2=C(CN3CCCCC3)COc3ccccc32)cc1.Fc1ccc(C2=C(CN3CCCCC3)COc3ccccc32)cc1. The molecule has 0 aromatic heterocycles. The molecule has 0 atom stereocenters. The number of likely N-dealkylation sites (N-methyl/N-ethyl adjacent to an activating group) is 2. The maximum absolute atomic E-state index is 13.4. The average molecular weight is 1710 g/mol. The van der Waals surface area contributed by atoms with Crippen LogP contribution in [-0.4, -0.2) is 206 Å². The zero-order valence-electron chi connectivity index (χ0n) is 72.6. The molecule has 0 radical (unpaired) electrons. The van der Waals surface area contributed by atoms with E-state index in [1.165, 1.54) is 132 Å². The first-order valence-corrected chi connectivity index (χ1v) is 44.9. The zero-order chi connectivity index (χ0) is 86.9. The Morgan fingerprint density at radius 3 is 0.714 bits per heavy atom. The summed E-state index contributed by atoms with van der Waals surface area (Å²) in [6.07, 6.45) is 5.73.